The second-order valence-electron chi connectivity index (χ2n) is 4.38. The van der Waals surface area contributed by atoms with Gasteiger partial charge in [0.1, 0.15) is 10.2 Å². The maximum absolute atomic E-state index is 6.32. The predicted molar refractivity (Wildman–Crippen MR) is 96.9 cm³/mol. The van der Waals surface area contributed by atoms with Crippen molar-refractivity contribution in [3.63, 3.8) is 0 Å². The number of pyridine rings is 1. The highest BCUT2D eigenvalue weighted by Crippen LogP contribution is 2.38. The Morgan fingerprint density at radius 2 is 1.57 bits per heavy atom. The van der Waals surface area contributed by atoms with Crippen molar-refractivity contribution in [1.29, 1.82) is 0 Å². The lowest BCUT2D eigenvalue weighted by molar-refractivity contribution is 1.40. The summed E-state index contributed by atoms with van der Waals surface area (Å²) in [6.45, 7) is 0. The normalized spacial score (nSPS) is 10.9. The molecule has 0 saturated carbocycles. The van der Waals surface area contributed by atoms with E-state index in [4.69, 9.17) is 23.2 Å². The number of rotatable bonds is 2. The van der Waals surface area contributed by atoms with Crippen LogP contribution in [0.5, 0.6) is 0 Å². The summed E-state index contributed by atoms with van der Waals surface area (Å²) < 4.78 is 1.97. The third kappa shape index (κ3) is 3.19. The van der Waals surface area contributed by atoms with E-state index in [1.54, 1.807) is 0 Å². The Kier molecular flexibility index (Phi) is 4.41. The quantitative estimate of drug-likeness (QED) is 0.437. The highest BCUT2D eigenvalue weighted by Gasteiger charge is 2.13. The van der Waals surface area contributed by atoms with Crippen molar-refractivity contribution in [2.75, 3.05) is 5.32 Å². The van der Waals surface area contributed by atoms with Crippen molar-refractivity contribution in [3.8, 4) is 0 Å². The Labute approximate surface area is 148 Å². The lowest BCUT2D eigenvalue weighted by Crippen LogP contribution is -1.95. The fourth-order valence-corrected chi connectivity index (χ4v) is 2.98. The average Bonchev–Trinajstić information content (AvgIpc) is 2.47. The zero-order chi connectivity index (χ0) is 15.0. The van der Waals surface area contributed by atoms with Gasteiger partial charge in [0.25, 0.3) is 0 Å². The molecule has 0 aliphatic carbocycles. The number of benzene rings is 2. The minimum absolute atomic E-state index is 0.283. The summed E-state index contributed by atoms with van der Waals surface area (Å²) in [7, 11) is 0. The number of hydrogen-bond donors (Lipinski definition) is 1. The van der Waals surface area contributed by atoms with Gasteiger partial charge in [-0.2, -0.15) is 0 Å². The molecule has 1 aromatic heterocycles. The third-order valence-corrected chi connectivity index (χ3v) is 4.72. The van der Waals surface area contributed by atoms with E-state index in [9.17, 15) is 0 Å². The van der Waals surface area contributed by atoms with Crippen molar-refractivity contribution in [2.24, 2.45) is 0 Å². The van der Waals surface area contributed by atoms with Crippen LogP contribution in [-0.4, -0.2) is 4.98 Å². The summed E-state index contributed by atoms with van der Waals surface area (Å²) >= 11 is 19.3. The Morgan fingerprint density at radius 3 is 2.29 bits per heavy atom. The molecule has 0 radical (unpaired) electrons. The van der Waals surface area contributed by atoms with Crippen molar-refractivity contribution in [1.82, 2.24) is 4.98 Å². The van der Waals surface area contributed by atoms with Crippen LogP contribution in [0.15, 0.2) is 51.4 Å². The van der Waals surface area contributed by atoms with E-state index in [0.29, 0.717) is 5.02 Å². The second-order valence-corrected chi connectivity index (χ2v) is 6.95. The molecule has 0 fully saturated rings. The second kappa shape index (κ2) is 6.13. The number of nitrogens with one attached hydrogen (secondary N) is 1. The van der Waals surface area contributed by atoms with Gasteiger partial charge in [0.2, 0.25) is 0 Å². The van der Waals surface area contributed by atoms with Gasteiger partial charge in [-0.1, -0.05) is 55.1 Å². The van der Waals surface area contributed by atoms with Crippen LogP contribution in [0.1, 0.15) is 0 Å². The van der Waals surface area contributed by atoms with E-state index in [-0.39, 0.29) is 5.15 Å². The molecule has 6 heteroatoms. The molecule has 21 heavy (non-hydrogen) atoms. The van der Waals surface area contributed by atoms with Gasteiger partial charge in [-0.25, -0.2) is 4.98 Å². The number of fused-ring (bicyclic) bond motifs is 1. The minimum atomic E-state index is 0.283. The Bertz CT molecular complexity index is 820. The molecule has 0 unspecified atom stereocenters. The van der Waals surface area contributed by atoms with Gasteiger partial charge in [0, 0.05) is 20.0 Å². The van der Waals surface area contributed by atoms with E-state index >= 15 is 0 Å². The van der Waals surface area contributed by atoms with Crippen LogP contribution in [0, 0.1) is 0 Å². The molecule has 0 atom stereocenters. The predicted octanol–water partition coefficient (Wildman–Crippen LogP) is 6.81. The van der Waals surface area contributed by atoms with Gasteiger partial charge >= 0.3 is 0 Å². The highest BCUT2D eigenvalue weighted by molar-refractivity contribution is 9.10. The van der Waals surface area contributed by atoms with Crippen LogP contribution in [0.25, 0.3) is 10.9 Å². The summed E-state index contributed by atoms with van der Waals surface area (Å²) in [6.07, 6.45) is 0. The molecule has 0 spiro atoms. The zero-order valence-corrected chi connectivity index (χ0v) is 15.2. The van der Waals surface area contributed by atoms with Crippen molar-refractivity contribution in [3.05, 3.63) is 61.6 Å². The third-order valence-electron chi connectivity index (χ3n) is 2.96. The standard InChI is InChI=1S/C15H8Br2Cl2N2/c16-8-1-4-10(5-2-8)20-14-11-7-9(17)3-6-12(11)21-15(19)13(14)18/h1-7H,(H,20,21). The van der Waals surface area contributed by atoms with Gasteiger partial charge in [-0.3, -0.25) is 0 Å². The van der Waals surface area contributed by atoms with Crippen molar-refractivity contribution < 1.29 is 0 Å². The molecule has 2 nitrogen and oxygen atoms in total. The number of aromatic nitrogens is 1. The number of hydrogen-bond acceptors (Lipinski definition) is 2. The molecule has 0 bridgehead atoms. The minimum Gasteiger partial charge on any atom is -0.354 e. The molecule has 106 valence electrons. The average molecular weight is 447 g/mol. The van der Waals surface area contributed by atoms with Gasteiger partial charge in [0.15, 0.2) is 0 Å². The number of nitrogens with zero attached hydrogens (tertiary/aromatic N) is 1. The molecular formula is C15H8Br2Cl2N2. The molecule has 0 aliphatic heterocycles. The van der Waals surface area contributed by atoms with E-state index in [0.717, 1.165) is 31.2 Å². The first-order chi connectivity index (χ1) is 10.0. The summed E-state index contributed by atoms with van der Waals surface area (Å²) in [5, 5.41) is 4.91. The van der Waals surface area contributed by atoms with Crippen LogP contribution >= 0.6 is 55.1 Å². The van der Waals surface area contributed by atoms with Crippen molar-refractivity contribution >= 4 is 77.3 Å². The zero-order valence-electron chi connectivity index (χ0n) is 10.5. The lowest BCUT2D eigenvalue weighted by Gasteiger charge is -2.13. The molecule has 1 heterocycles. The molecular weight excluding hydrogens is 439 g/mol. The number of halogens is 4. The lowest BCUT2D eigenvalue weighted by atomic mass is 10.2. The Morgan fingerprint density at radius 1 is 0.905 bits per heavy atom. The maximum Gasteiger partial charge on any atom is 0.150 e. The van der Waals surface area contributed by atoms with E-state index in [1.165, 1.54) is 0 Å². The largest absolute Gasteiger partial charge is 0.354 e. The van der Waals surface area contributed by atoms with Gasteiger partial charge < -0.3 is 5.32 Å². The van der Waals surface area contributed by atoms with Crippen LogP contribution in [0.2, 0.25) is 10.2 Å². The summed E-state index contributed by atoms with van der Waals surface area (Å²) in [4.78, 5) is 4.30. The first-order valence-electron chi connectivity index (χ1n) is 6.01. The molecule has 0 saturated heterocycles. The molecule has 3 rings (SSSR count). The first kappa shape index (κ1) is 15.1. The van der Waals surface area contributed by atoms with E-state index in [2.05, 4.69) is 42.2 Å². The smallest absolute Gasteiger partial charge is 0.150 e. The molecule has 1 N–H and O–H groups in total. The monoisotopic (exact) mass is 444 g/mol. The Balaban J connectivity index is 2.17. The summed E-state index contributed by atoms with van der Waals surface area (Å²) in [6, 6.07) is 13.6. The van der Waals surface area contributed by atoms with Gasteiger partial charge in [0.05, 0.1) is 11.2 Å². The van der Waals surface area contributed by atoms with Gasteiger partial charge in [-0.05, 0) is 42.5 Å². The molecule has 0 aliphatic rings. The van der Waals surface area contributed by atoms with Gasteiger partial charge in [-0.15, -0.1) is 0 Å². The Hall–Kier alpha value is -0.810. The van der Waals surface area contributed by atoms with E-state index < -0.39 is 0 Å². The SMILES string of the molecule is Clc1nc2ccc(Br)cc2c(Nc2ccc(Br)cc2)c1Cl. The van der Waals surface area contributed by atoms with E-state index in [1.807, 2.05) is 42.5 Å². The maximum atomic E-state index is 6.32. The molecule has 2 aromatic carbocycles. The highest BCUT2D eigenvalue weighted by atomic mass is 79.9. The van der Waals surface area contributed by atoms with Crippen LogP contribution in [0.3, 0.4) is 0 Å². The first-order valence-corrected chi connectivity index (χ1v) is 8.35. The van der Waals surface area contributed by atoms with Crippen molar-refractivity contribution in [2.45, 2.75) is 0 Å². The fraction of sp³-hybridized carbons (Fsp3) is 0. The van der Waals surface area contributed by atoms with Crippen LogP contribution in [-0.2, 0) is 0 Å². The fourth-order valence-electron chi connectivity index (χ4n) is 1.98. The summed E-state index contributed by atoms with van der Waals surface area (Å²) in [5.74, 6) is 0. The number of anilines is 2. The topological polar surface area (TPSA) is 24.9 Å². The molecule has 3 aromatic rings. The van der Waals surface area contributed by atoms with Crippen LogP contribution in [0.4, 0.5) is 11.4 Å². The molecule has 0 amide bonds. The van der Waals surface area contributed by atoms with Crippen LogP contribution < -0.4 is 5.32 Å². The summed E-state index contributed by atoms with van der Waals surface area (Å²) in [5.41, 5.74) is 2.45.